The van der Waals surface area contributed by atoms with Crippen molar-refractivity contribution in [2.45, 2.75) is 12.8 Å². The fourth-order valence-electron chi connectivity index (χ4n) is 2.67. The normalized spacial score (nSPS) is 11.8. The Kier molecular flexibility index (Phi) is 4.89. The number of primary amides is 1. The molecular weight excluding hydrogens is 330 g/mol. The predicted octanol–water partition coefficient (Wildman–Crippen LogP) is 3.66. The molecule has 5 nitrogen and oxygen atoms in total. The van der Waals surface area contributed by atoms with Gasteiger partial charge >= 0.3 is 5.97 Å². The Balaban J connectivity index is 1.77. The Morgan fingerprint density at radius 3 is 2.15 bits per heavy atom. The third-order valence-electron chi connectivity index (χ3n) is 4.28. The third kappa shape index (κ3) is 3.67. The molecule has 0 saturated heterocycles. The van der Waals surface area contributed by atoms with E-state index in [0.717, 1.165) is 22.1 Å². The van der Waals surface area contributed by atoms with Crippen LogP contribution in [0.15, 0.2) is 60.7 Å². The number of carbonyl (C=O) groups is 2. The van der Waals surface area contributed by atoms with E-state index in [-0.39, 0.29) is 5.97 Å². The van der Waals surface area contributed by atoms with E-state index in [9.17, 15) is 9.59 Å². The van der Waals surface area contributed by atoms with Crippen LogP contribution in [0.5, 0.6) is 11.5 Å². The van der Waals surface area contributed by atoms with Crippen molar-refractivity contribution in [3.05, 3.63) is 71.8 Å². The predicted molar refractivity (Wildman–Crippen MR) is 99.5 cm³/mol. The van der Waals surface area contributed by atoms with E-state index in [1.165, 1.54) is 12.1 Å². The van der Waals surface area contributed by atoms with E-state index in [4.69, 9.17) is 15.2 Å². The maximum Gasteiger partial charge on any atom is 0.318 e. The lowest BCUT2D eigenvalue weighted by molar-refractivity contribution is -0.135. The standard InChI is InChI=1S/C21H19NO4/c1-13(21(24)26-18-8-5-14(6-9-18)20(22)23)15-3-4-17-12-19(25-2)10-7-16(17)11-15/h3-13H,1-2H3,(H2,22,23)/t13-/m1/s1. The summed E-state index contributed by atoms with van der Waals surface area (Å²) in [7, 11) is 1.63. The number of carbonyl (C=O) groups excluding carboxylic acids is 2. The smallest absolute Gasteiger partial charge is 0.318 e. The number of amides is 1. The van der Waals surface area contributed by atoms with Gasteiger partial charge in [0.1, 0.15) is 11.5 Å². The first-order valence-electron chi connectivity index (χ1n) is 8.17. The zero-order chi connectivity index (χ0) is 18.7. The fourth-order valence-corrected chi connectivity index (χ4v) is 2.67. The van der Waals surface area contributed by atoms with Crippen molar-refractivity contribution in [2.75, 3.05) is 7.11 Å². The van der Waals surface area contributed by atoms with E-state index >= 15 is 0 Å². The monoisotopic (exact) mass is 349 g/mol. The molecule has 5 heteroatoms. The van der Waals surface area contributed by atoms with Crippen LogP contribution in [0, 0.1) is 0 Å². The number of fused-ring (bicyclic) bond motifs is 1. The number of benzene rings is 3. The highest BCUT2D eigenvalue weighted by atomic mass is 16.5. The number of hydrogen-bond donors (Lipinski definition) is 1. The molecule has 0 aliphatic carbocycles. The second-order valence-electron chi connectivity index (χ2n) is 6.00. The van der Waals surface area contributed by atoms with Gasteiger partial charge in [-0.25, -0.2) is 0 Å². The summed E-state index contributed by atoms with van der Waals surface area (Å²) >= 11 is 0. The Labute approximate surface area is 151 Å². The second kappa shape index (κ2) is 7.27. The van der Waals surface area contributed by atoms with Crippen LogP contribution in [0.25, 0.3) is 10.8 Å². The lowest BCUT2D eigenvalue weighted by atomic mass is 9.98. The van der Waals surface area contributed by atoms with E-state index < -0.39 is 11.8 Å². The Morgan fingerprint density at radius 2 is 1.50 bits per heavy atom. The van der Waals surface area contributed by atoms with Crippen molar-refractivity contribution >= 4 is 22.6 Å². The highest BCUT2D eigenvalue weighted by Gasteiger charge is 2.18. The van der Waals surface area contributed by atoms with Gasteiger partial charge < -0.3 is 15.2 Å². The van der Waals surface area contributed by atoms with Crippen molar-refractivity contribution in [3.8, 4) is 11.5 Å². The molecule has 3 aromatic carbocycles. The van der Waals surface area contributed by atoms with Crippen molar-refractivity contribution < 1.29 is 19.1 Å². The molecule has 132 valence electrons. The number of esters is 1. The molecule has 0 fully saturated rings. The SMILES string of the molecule is COc1ccc2cc([C@@H](C)C(=O)Oc3ccc(C(N)=O)cc3)ccc2c1. The molecule has 0 heterocycles. The molecule has 3 rings (SSSR count). The van der Waals surface area contributed by atoms with Gasteiger partial charge in [0.2, 0.25) is 5.91 Å². The van der Waals surface area contributed by atoms with Gasteiger partial charge in [-0.15, -0.1) is 0 Å². The lowest BCUT2D eigenvalue weighted by Crippen LogP contribution is -2.16. The number of hydrogen-bond acceptors (Lipinski definition) is 4. The maximum atomic E-state index is 12.4. The molecule has 0 saturated carbocycles. The molecule has 0 unspecified atom stereocenters. The summed E-state index contributed by atoms with van der Waals surface area (Å²) in [6, 6.07) is 17.8. The summed E-state index contributed by atoms with van der Waals surface area (Å²) in [5, 5.41) is 2.06. The van der Waals surface area contributed by atoms with Gasteiger partial charge in [-0.3, -0.25) is 9.59 Å². The third-order valence-corrected chi connectivity index (χ3v) is 4.28. The Hall–Kier alpha value is -3.34. The molecule has 0 aliphatic rings. The molecule has 0 aliphatic heterocycles. The lowest BCUT2D eigenvalue weighted by Gasteiger charge is -2.13. The largest absolute Gasteiger partial charge is 0.497 e. The minimum absolute atomic E-state index is 0.364. The Morgan fingerprint density at radius 1 is 0.885 bits per heavy atom. The number of methoxy groups -OCH3 is 1. The summed E-state index contributed by atoms with van der Waals surface area (Å²) < 4.78 is 10.6. The summed E-state index contributed by atoms with van der Waals surface area (Å²) in [6.45, 7) is 1.80. The van der Waals surface area contributed by atoms with Gasteiger partial charge in [0.25, 0.3) is 0 Å². The zero-order valence-corrected chi connectivity index (χ0v) is 14.6. The molecule has 1 atom stereocenters. The minimum Gasteiger partial charge on any atom is -0.497 e. The van der Waals surface area contributed by atoms with E-state index in [0.29, 0.717) is 11.3 Å². The molecule has 2 N–H and O–H groups in total. The summed E-state index contributed by atoms with van der Waals surface area (Å²) in [5.74, 6) is -0.166. The van der Waals surface area contributed by atoms with Gasteiger partial charge in [0.05, 0.1) is 13.0 Å². The van der Waals surface area contributed by atoms with Crippen LogP contribution in [0.1, 0.15) is 28.8 Å². The highest BCUT2D eigenvalue weighted by Crippen LogP contribution is 2.26. The van der Waals surface area contributed by atoms with Crippen molar-refractivity contribution in [2.24, 2.45) is 5.73 Å². The van der Waals surface area contributed by atoms with Crippen LogP contribution in [0.3, 0.4) is 0 Å². The van der Waals surface area contributed by atoms with Crippen LogP contribution in [0.2, 0.25) is 0 Å². The molecule has 26 heavy (non-hydrogen) atoms. The zero-order valence-electron chi connectivity index (χ0n) is 14.6. The first-order valence-corrected chi connectivity index (χ1v) is 8.17. The van der Waals surface area contributed by atoms with Gasteiger partial charge in [-0.05, 0) is 59.7 Å². The fraction of sp³-hybridized carbons (Fsp3) is 0.143. The topological polar surface area (TPSA) is 78.6 Å². The Bertz CT molecular complexity index is 963. The summed E-state index contributed by atoms with van der Waals surface area (Å²) in [6.07, 6.45) is 0. The highest BCUT2D eigenvalue weighted by molar-refractivity contribution is 5.93. The van der Waals surface area contributed by atoms with Crippen LogP contribution in [0.4, 0.5) is 0 Å². The molecular formula is C21H19NO4. The van der Waals surface area contributed by atoms with Gasteiger partial charge in [0.15, 0.2) is 0 Å². The number of ether oxygens (including phenoxy) is 2. The van der Waals surface area contributed by atoms with E-state index in [2.05, 4.69) is 0 Å². The quantitative estimate of drug-likeness (QED) is 0.563. The minimum atomic E-state index is -0.524. The summed E-state index contributed by atoms with van der Waals surface area (Å²) in [5.41, 5.74) is 6.42. The van der Waals surface area contributed by atoms with Crippen molar-refractivity contribution in [1.82, 2.24) is 0 Å². The van der Waals surface area contributed by atoms with E-state index in [1.807, 2.05) is 36.4 Å². The summed E-state index contributed by atoms with van der Waals surface area (Å²) in [4.78, 5) is 23.5. The van der Waals surface area contributed by atoms with Gasteiger partial charge in [-0.1, -0.05) is 24.3 Å². The molecule has 0 spiro atoms. The molecule has 3 aromatic rings. The first kappa shape index (κ1) is 17.5. The molecule has 0 aromatic heterocycles. The van der Waals surface area contributed by atoms with Crippen LogP contribution >= 0.6 is 0 Å². The second-order valence-corrected chi connectivity index (χ2v) is 6.00. The number of rotatable bonds is 5. The molecule has 0 radical (unpaired) electrons. The van der Waals surface area contributed by atoms with Crippen LogP contribution in [-0.4, -0.2) is 19.0 Å². The molecule has 0 bridgehead atoms. The maximum absolute atomic E-state index is 12.4. The average Bonchev–Trinajstić information content (AvgIpc) is 2.66. The number of nitrogens with two attached hydrogens (primary N) is 1. The van der Waals surface area contributed by atoms with Gasteiger partial charge in [0, 0.05) is 5.56 Å². The average molecular weight is 349 g/mol. The van der Waals surface area contributed by atoms with Gasteiger partial charge in [-0.2, -0.15) is 0 Å². The van der Waals surface area contributed by atoms with Crippen molar-refractivity contribution in [1.29, 1.82) is 0 Å². The van der Waals surface area contributed by atoms with Crippen molar-refractivity contribution in [3.63, 3.8) is 0 Å². The van der Waals surface area contributed by atoms with Crippen LogP contribution in [-0.2, 0) is 4.79 Å². The molecule has 1 amide bonds. The van der Waals surface area contributed by atoms with Crippen LogP contribution < -0.4 is 15.2 Å². The van der Waals surface area contributed by atoms with E-state index in [1.54, 1.807) is 26.2 Å². The first-order chi connectivity index (χ1) is 12.5.